The molecule has 0 aliphatic heterocycles. The Labute approximate surface area is 125 Å². The maximum atomic E-state index is 12.1. The Kier molecular flexibility index (Phi) is 5.49. The molecule has 3 nitrogen and oxygen atoms in total. The summed E-state index contributed by atoms with van der Waals surface area (Å²) in [5, 5.41) is 0.625. The first-order chi connectivity index (χ1) is 9.66. The third-order valence-electron chi connectivity index (χ3n) is 3.94. The highest BCUT2D eigenvalue weighted by molar-refractivity contribution is 8.00. The fraction of sp³-hybridized carbons (Fsp3) is 0.562. The number of rotatable bonds is 5. The van der Waals surface area contributed by atoms with Gasteiger partial charge in [0.1, 0.15) is 5.54 Å². The maximum Gasteiger partial charge on any atom is 0.331 e. The van der Waals surface area contributed by atoms with E-state index in [4.69, 9.17) is 10.5 Å². The Morgan fingerprint density at radius 1 is 1.30 bits per heavy atom. The molecule has 1 fully saturated rings. The van der Waals surface area contributed by atoms with Gasteiger partial charge in [0.15, 0.2) is 0 Å². The summed E-state index contributed by atoms with van der Waals surface area (Å²) in [6, 6.07) is 9.54. The average Bonchev–Trinajstić information content (AvgIpc) is 2.53. The molecule has 0 aromatic heterocycles. The number of methoxy groups -OCH3 is 1. The van der Waals surface area contributed by atoms with Crippen LogP contribution in [-0.4, -0.2) is 24.1 Å². The minimum atomic E-state index is -1.04. The Morgan fingerprint density at radius 3 is 2.55 bits per heavy atom. The second-order valence-corrected chi connectivity index (χ2v) is 6.69. The van der Waals surface area contributed by atoms with Crippen LogP contribution in [0.4, 0.5) is 0 Å². The molecule has 110 valence electrons. The van der Waals surface area contributed by atoms with Crippen molar-refractivity contribution in [3.8, 4) is 0 Å². The van der Waals surface area contributed by atoms with Crippen molar-refractivity contribution in [2.45, 2.75) is 42.9 Å². The van der Waals surface area contributed by atoms with E-state index in [-0.39, 0.29) is 5.97 Å². The molecule has 1 aromatic carbocycles. The summed E-state index contributed by atoms with van der Waals surface area (Å²) in [5.74, 6) is 0.223. The first-order valence-electron chi connectivity index (χ1n) is 7.21. The smallest absolute Gasteiger partial charge is 0.331 e. The van der Waals surface area contributed by atoms with Crippen molar-refractivity contribution in [1.82, 2.24) is 0 Å². The van der Waals surface area contributed by atoms with Crippen molar-refractivity contribution in [2.24, 2.45) is 5.73 Å². The van der Waals surface area contributed by atoms with E-state index in [1.54, 1.807) is 0 Å². The van der Waals surface area contributed by atoms with Crippen LogP contribution >= 0.6 is 11.8 Å². The van der Waals surface area contributed by atoms with Crippen LogP contribution in [0.3, 0.4) is 0 Å². The van der Waals surface area contributed by atoms with E-state index in [0.717, 1.165) is 5.56 Å². The number of carbonyl (C=O) groups excluding carboxylic acids is 1. The van der Waals surface area contributed by atoms with Gasteiger partial charge in [-0.1, -0.05) is 49.6 Å². The first kappa shape index (κ1) is 15.4. The zero-order valence-electron chi connectivity index (χ0n) is 12.0. The number of hydrogen-bond donors (Lipinski definition) is 1. The van der Waals surface area contributed by atoms with Gasteiger partial charge in [0.05, 0.1) is 7.11 Å². The van der Waals surface area contributed by atoms with E-state index in [2.05, 4.69) is 0 Å². The molecular weight excluding hydrogens is 270 g/mol. The van der Waals surface area contributed by atoms with Crippen LogP contribution in [0.25, 0.3) is 0 Å². The molecule has 1 aliphatic rings. The van der Waals surface area contributed by atoms with E-state index in [0.29, 0.717) is 11.0 Å². The van der Waals surface area contributed by atoms with Gasteiger partial charge in [-0.25, -0.2) is 4.79 Å². The Hall–Kier alpha value is -1.00. The second kappa shape index (κ2) is 7.14. The molecule has 0 bridgehead atoms. The lowest BCUT2D eigenvalue weighted by atomic mass is 9.93. The minimum absolute atomic E-state index is 0.355. The summed E-state index contributed by atoms with van der Waals surface area (Å²) >= 11 is 1.82. The van der Waals surface area contributed by atoms with Crippen molar-refractivity contribution >= 4 is 17.7 Å². The predicted octanol–water partition coefficient (Wildman–Crippen LogP) is 3.08. The zero-order chi connectivity index (χ0) is 14.4. The van der Waals surface area contributed by atoms with Crippen molar-refractivity contribution in [1.29, 1.82) is 0 Å². The van der Waals surface area contributed by atoms with E-state index in [1.807, 2.05) is 42.1 Å². The van der Waals surface area contributed by atoms with Gasteiger partial charge < -0.3 is 10.5 Å². The van der Waals surface area contributed by atoms with Gasteiger partial charge in [0.25, 0.3) is 0 Å². The van der Waals surface area contributed by atoms with E-state index >= 15 is 0 Å². The summed E-state index contributed by atoms with van der Waals surface area (Å²) < 4.78 is 4.93. The zero-order valence-corrected chi connectivity index (χ0v) is 12.8. The normalized spacial score (nSPS) is 19.3. The van der Waals surface area contributed by atoms with Gasteiger partial charge >= 0.3 is 5.97 Å². The fourth-order valence-corrected chi connectivity index (χ4v) is 4.11. The highest BCUT2D eigenvalue weighted by Crippen LogP contribution is 2.33. The van der Waals surface area contributed by atoms with Gasteiger partial charge in [-0.05, 0) is 18.4 Å². The molecule has 0 radical (unpaired) electrons. The van der Waals surface area contributed by atoms with Crippen molar-refractivity contribution in [2.75, 3.05) is 12.9 Å². The first-order valence-corrected chi connectivity index (χ1v) is 8.26. The molecule has 0 saturated heterocycles. The number of thioether (sulfide) groups is 1. The molecule has 0 spiro atoms. The SMILES string of the molecule is COC(=O)C(N)(CSC1CCCCC1)c1ccccc1. The van der Waals surface area contributed by atoms with Crippen molar-refractivity contribution in [3.63, 3.8) is 0 Å². The Morgan fingerprint density at radius 2 is 1.95 bits per heavy atom. The molecule has 1 aliphatic carbocycles. The summed E-state index contributed by atoms with van der Waals surface area (Å²) in [6.07, 6.45) is 6.38. The number of ether oxygens (including phenoxy) is 1. The fourth-order valence-electron chi connectivity index (χ4n) is 2.66. The Bertz CT molecular complexity index is 431. The van der Waals surface area contributed by atoms with Crippen LogP contribution in [0.2, 0.25) is 0 Å². The molecular formula is C16H23NO2S. The van der Waals surface area contributed by atoms with Gasteiger partial charge in [0, 0.05) is 11.0 Å². The summed E-state index contributed by atoms with van der Waals surface area (Å²) in [5.41, 5.74) is 6.18. The van der Waals surface area contributed by atoms with E-state index in [1.165, 1.54) is 39.2 Å². The van der Waals surface area contributed by atoms with Crippen LogP contribution in [0.15, 0.2) is 30.3 Å². The quantitative estimate of drug-likeness (QED) is 0.848. The molecule has 2 rings (SSSR count). The molecule has 4 heteroatoms. The van der Waals surface area contributed by atoms with Crippen molar-refractivity contribution < 1.29 is 9.53 Å². The van der Waals surface area contributed by atoms with Gasteiger partial charge in [-0.3, -0.25) is 0 Å². The highest BCUT2D eigenvalue weighted by atomic mass is 32.2. The Balaban J connectivity index is 2.09. The number of hydrogen-bond acceptors (Lipinski definition) is 4. The van der Waals surface area contributed by atoms with Gasteiger partial charge in [-0.2, -0.15) is 11.8 Å². The topological polar surface area (TPSA) is 52.3 Å². The monoisotopic (exact) mass is 293 g/mol. The third kappa shape index (κ3) is 3.55. The molecule has 1 aromatic rings. The maximum absolute atomic E-state index is 12.1. The minimum Gasteiger partial charge on any atom is -0.467 e. The summed E-state index contributed by atoms with van der Waals surface area (Å²) in [6.45, 7) is 0. The highest BCUT2D eigenvalue weighted by Gasteiger charge is 2.38. The van der Waals surface area contributed by atoms with E-state index in [9.17, 15) is 4.79 Å². The largest absolute Gasteiger partial charge is 0.467 e. The van der Waals surface area contributed by atoms with Gasteiger partial charge in [-0.15, -0.1) is 0 Å². The molecule has 0 heterocycles. The second-order valence-electron chi connectivity index (χ2n) is 5.40. The van der Waals surface area contributed by atoms with Crippen LogP contribution in [-0.2, 0) is 15.1 Å². The lowest BCUT2D eigenvalue weighted by Gasteiger charge is -2.29. The number of benzene rings is 1. The summed E-state index contributed by atoms with van der Waals surface area (Å²) in [7, 11) is 1.40. The predicted molar refractivity (Wildman–Crippen MR) is 83.7 cm³/mol. The molecule has 20 heavy (non-hydrogen) atoms. The average molecular weight is 293 g/mol. The number of esters is 1. The molecule has 0 amide bonds. The third-order valence-corrected chi connectivity index (χ3v) is 5.50. The number of carbonyl (C=O) groups is 1. The molecule has 2 N–H and O–H groups in total. The molecule has 1 unspecified atom stereocenters. The lowest BCUT2D eigenvalue weighted by Crippen LogP contribution is -2.48. The number of nitrogens with two attached hydrogens (primary N) is 1. The van der Waals surface area contributed by atoms with E-state index < -0.39 is 5.54 Å². The van der Waals surface area contributed by atoms with Crippen LogP contribution in [0, 0.1) is 0 Å². The van der Waals surface area contributed by atoms with Crippen LogP contribution in [0.1, 0.15) is 37.7 Å². The van der Waals surface area contributed by atoms with Crippen molar-refractivity contribution in [3.05, 3.63) is 35.9 Å². The molecule has 1 saturated carbocycles. The lowest BCUT2D eigenvalue weighted by molar-refractivity contribution is -0.146. The van der Waals surface area contributed by atoms with Crippen LogP contribution < -0.4 is 5.73 Å². The van der Waals surface area contributed by atoms with Crippen LogP contribution in [0.5, 0.6) is 0 Å². The summed E-state index contributed by atoms with van der Waals surface area (Å²) in [4.78, 5) is 12.1. The molecule has 1 atom stereocenters. The standard InChI is InChI=1S/C16H23NO2S/c1-19-15(18)16(17,13-8-4-2-5-9-13)12-20-14-10-6-3-7-11-14/h2,4-5,8-9,14H,3,6-7,10-12,17H2,1H3. The van der Waals surface area contributed by atoms with Gasteiger partial charge in [0.2, 0.25) is 0 Å².